The van der Waals surface area contributed by atoms with E-state index in [0.717, 1.165) is 56.6 Å². The Morgan fingerprint density at radius 3 is 2.48 bits per heavy atom. The van der Waals surface area contributed by atoms with E-state index in [4.69, 9.17) is 4.74 Å². The summed E-state index contributed by atoms with van der Waals surface area (Å²) in [6.07, 6.45) is 11.3. The van der Waals surface area contributed by atoms with Crippen LogP contribution in [0.4, 0.5) is 0 Å². The minimum atomic E-state index is -0.250. The van der Waals surface area contributed by atoms with Crippen LogP contribution in [0.3, 0.4) is 0 Å². The molecule has 1 N–H and O–H groups in total. The van der Waals surface area contributed by atoms with Crippen LogP contribution in [-0.4, -0.2) is 41.9 Å². The molecule has 2 saturated carbocycles. The van der Waals surface area contributed by atoms with Gasteiger partial charge in [0.2, 0.25) is 11.8 Å². The number of fused-ring (bicyclic) bond motifs is 1. The second kappa shape index (κ2) is 8.84. The maximum Gasteiger partial charge on any atom is 0.222 e. The van der Waals surface area contributed by atoms with Crippen molar-refractivity contribution in [2.45, 2.75) is 82.1 Å². The van der Waals surface area contributed by atoms with Crippen molar-refractivity contribution in [2.75, 3.05) is 19.6 Å². The zero-order valence-electron chi connectivity index (χ0n) is 18.6. The van der Waals surface area contributed by atoms with Crippen molar-refractivity contribution in [1.29, 1.82) is 0 Å². The van der Waals surface area contributed by atoms with Gasteiger partial charge in [-0.05, 0) is 55.6 Å². The molecule has 1 aromatic rings. The van der Waals surface area contributed by atoms with Crippen LogP contribution in [0.2, 0.25) is 0 Å². The molecule has 168 valence electrons. The van der Waals surface area contributed by atoms with Crippen LogP contribution >= 0.6 is 0 Å². The summed E-state index contributed by atoms with van der Waals surface area (Å²) in [4.78, 5) is 27.5. The fraction of sp³-hybridized carbons (Fsp3) is 0.692. The molecule has 3 fully saturated rings. The number of ether oxygens (including phenoxy) is 1. The number of piperidine rings is 1. The fourth-order valence-electron chi connectivity index (χ4n) is 5.86. The van der Waals surface area contributed by atoms with Gasteiger partial charge in [-0.15, -0.1) is 0 Å². The summed E-state index contributed by atoms with van der Waals surface area (Å²) >= 11 is 0. The van der Waals surface area contributed by atoms with E-state index in [1.807, 2.05) is 18.2 Å². The van der Waals surface area contributed by atoms with E-state index in [1.54, 1.807) is 0 Å². The Morgan fingerprint density at radius 2 is 1.74 bits per heavy atom. The highest BCUT2D eigenvalue weighted by Gasteiger charge is 2.44. The van der Waals surface area contributed by atoms with Gasteiger partial charge in [-0.3, -0.25) is 9.59 Å². The van der Waals surface area contributed by atoms with Gasteiger partial charge in [0, 0.05) is 51.2 Å². The highest BCUT2D eigenvalue weighted by Crippen LogP contribution is 2.46. The van der Waals surface area contributed by atoms with E-state index in [9.17, 15) is 9.59 Å². The molecule has 1 unspecified atom stereocenters. The Morgan fingerprint density at radius 1 is 1.00 bits per heavy atom. The lowest BCUT2D eigenvalue weighted by molar-refractivity contribution is -0.136. The van der Waals surface area contributed by atoms with Crippen LogP contribution < -0.4 is 10.1 Å². The van der Waals surface area contributed by atoms with Crippen LogP contribution in [0.15, 0.2) is 24.3 Å². The summed E-state index contributed by atoms with van der Waals surface area (Å²) < 4.78 is 6.57. The first-order valence-electron chi connectivity index (χ1n) is 12.4. The zero-order valence-corrected chi connectivity index (χ0v) is 18.6. The fourth-order valence-corrected chi connectivity index (χ4v) is 5.86. The van der Waals surface area contributed by atoms with Gasteiger partial charge in [0.25, 0.3) is 0 Å². The first kappa shape index (κ1) is 20.8. The number of carbonyl (C=O) groups excluding carboxylic acids is 2. The maximum absolute atomic E-state index is 12.8. The summed E-state index contributed by atoms with van der Waals surface area (Å²) in [6, 6.07) is 8.21. The highest BCUT2D eigenvalue weighted by molar-refractivity contribution is 5.77. The SMILES string of the molecule is O=C(CC1CC2(CCN(C(=O)CC3CCCC3)CC2)Oc2ccccc21)NCC1CC1. The Hall–Kier alpha value is -2.04. The van der Waals surface area contributed by atoms with E-state index < -0.39 is 0 Å². The normalized spacial score (nSPS) is 25.2. The molecule has 0 radical (unpaired) electrons. The molecule has 0 bridgehead atoms. The predicted octanol–water partition coefficient (Wildman–Crippen LogP) is 4.41. The van der Waals surface area contributed by atoms with Crippen molar-refractivity contribution in [2.24, 2.45) is 11.8 Å². The molecule has 0 aromatic heterocycles. The molecule has 4 aliphatic rings. The first-order valence-corrected chi connectivity index (χ1v) is 12.4. The summed E-state index contributed by atoms with van der Waals surface area (Å²) in [5.74, 6) is 2.90. The average Bonchev–Trinajstić information content (AvgIpc) is 3.47. The van der Waals surface area contributed by atoms with Crippen LogP contribution in [0, 0.1) is 11.8 Å². The molecule has 1 aromatic carbocycles. The molecule has 5 rings (SSSR count). The molecule has 2 amide bonds. The number of likely N-dealkylation sites (tertiary alicyclic amines) is 1. The van der Waals surface area contributed by atoms with E-state index in [-0.39, 0.29) is 17.4 Å². The molecule has 1 spiro atoms. The van der Waals surface area contributed by atoms with Crippen LogP contribution in [0.25, 0.3) is 0 Å². The Balaban J connectivity index is 1.22. The maximum atomic E-state index is 12.8. The second-order valence-corrected chi connectivity index (χ2v) is 10.4. The van der Waals surface area contributed by atoms with E-state index in [2.05, 4.69) is 16.3 Å². The van der Waals surface area contributed by atoms with Crippen molar-refractivity contribution in [3.63, 3.8) is 0 Å². The molecular formula is C26H36N2O3. The van der Waals surface area contributed by atoms with Gasteiger partial charge in [-0.2, -0.15) is 0 Å². The van der Waals surface area contributed by atoms with Gasteiger partial charge < -0.3 is 15.0 Å². The molecule has 2 aliphatic heterocycles. The number of hydrogen-bond donors (Lipinski definition) is 1. The minimum absolute atomic E-state index is 0.160. The first-order chi connectivity index (χ1) is 15.1. The van der Waals surface area contributed by atoms with Gasteiger partial charge in [0.1, 0.15) is 11.4 Å². The van der Waals surface area contributed by atoms with Crippen molar-refractivity contribution in [3.8, 4) is 5.75 Å². The monoisotopic (exact) mass is 424 g/mol. The molecule has 1 atom stereocenters. The lowest BCUT2D eigenvalue weighted by Crippen LogP contribution is -2.52. The van der Waals surface area contributed by atoms with Gasteiger partial charge in [-0.25, -0.2) is 0 Å². The topological polar surface area (TPSA) is 58.6 Å². The zero-order chi connectivity index (χ0) is 21.3. The van der Waals surface area contributed by atoms with E-state index in [1.165, 1.54) is 38.5 Å². The predicted molar refractivity (Wildman–Crippen MR) is 120 cm³/mol. The molecule has 1 saturated heterocycles. The van der Waals surface area contributed by atoms with Crippen LogP contribution in [0.5, 0.6) is 5.75 Å². The second-order valence-electron chi connectivity index (χ2n) is 10.4. The Labute approximate surface area is 185 Å². The number of para-hydroxylation sites is 1. The molecule has 5 heteroatoms. The van der Waals surface area contributed by atoms with Gasteiger partial charge in [0.15, 0.2) is 0 Å². The lowest BCUT2D eigenvalue weighted by Gasteiger charge is -2.47. The number of nitrogens with zero attached hydrogens (tertiary/aromatic N) is 1. The third-order valence-corrected chi connectivity index (χ3v) is 7.99. The summed E-state index contributed by atoms with van der Waals surface area (Å²) in [7, 11) is 0. The molecular weight excluding hydrogens is 388 g/mol. The van der Waals surface area contributed by atoms with E-state index in [0.29, 0.717) is 24.2 Å². The molecule has 5 nitrogen and oxygen atoms in total. The van der Waals surface area contributed by atoms with Gasteiger partial charge in [0.05, 0.1) is 0 Å². The van der Waals surface area contributed by atoms with Crippen molar-refractivity contribution in [1.82, 2.24) is 10.2 Å². The summed E-state index contributed by atoms with van der Waals surface area (Å²) in [6.45, 7) is 2.37. The highest BCUT2D eigenvalue weighted by atomic mass is 16.5. The summed E-state index contributed by atoms with van der Waals surface area (Å²) in [5.41, 5.74) is 0.911. The van der Waals surface area contributed by atoms with Crippen molar-refractivity contribution < 1.29 is 14.3 Å². The molecule has 2 aliphatic carbocycles. The van der Waals surface area contributed by atoms with Crippen LogP contribution in [-0.2, 0) is 9.59 Å². The third-order valence-electron chi connectivity index (χ3n) is 7.99. The molecule has 2 heterocycles. The molecule has 31 heavy (non-hydrogen) atoms. The third kappa shape index (κ3) is 4.91. The minimum Gasteiger partial charge on any atom is -0.487 e. The van der Waals surface area contributed by atoms with Crippen molar-refractivity contribution >= 4 is 11.8 Å². The lowest BCUT2D eigenvalue weighted by atomic mass is 9.76. The van der Waals surface area contributed by atoms with E-state index >= 15 is 0 Å². The number of carbonyl (C=O) groups is 2. The Bertz CT molecular complexity index is 805. The van der Waals surface area contributed by atoms with Gasteiger partial charge in [-0.1, -0.05) is 31.0 Å². The average molecular weight is 425 g/mol. The Kier molecular flexibility index (Phi) is 5.94. The van der Waals surface area contributed by atoms with Crippen LogP contribution in [0.1, 0.15) is 82.1 Å². The number of rotatable bonds is 6. The largest absolute Gasteiger partial charge is 0.487 e. The number of nitrogens with one attached hydrogen (secondary N) is 1. The number of hydrogen-bond acceptors (Lipinski definition) is 3. The van der Waals surface area contributed by atoms with Gasteiger partial charge >= 0.3 is 0 Å². The summed E-state index contributed by atoms with van der Waals surface area (Å²) in [5, 5.41) is 3.14. The number of benzene rings is 1. The smallest absolute Gasteiger partial charge is 0.222 e. The number of amides is 2. The quantitative estimate of drug-likeness (QED) is 0.736. The van der Waals surface area contributed by atoms with Crippen molar-refractivity contribution in [3.05, 3.63) is 29.8 Å². The standard InChI is InChI=1S/C26H36N2O3/c29-24(27-18-20-9-10-20)16-21-17-26(31-23-8-4-3-7-22(21)23)11-13-28(14-12-26)25(30)15-19-5-1-2-6-19/h3-4,7-8,19-21H,1-2,5-6,9-18H2,(H,27,29).